The van der Waals surface area contributed by atoms with Crippen LogP contribution in [-0.2, 0) is 20.6 Å². The van der Waals surface area contributed by atoms with E-state index in [1.54, 1.807) is 36.5 Å². The Labute approximate surface area is 118 Å². The van der Waals surface area contributed by atoms with Gasteiger partial charge in [-0.2, -0.15) is 27.1 Å². The van der Waals surface area contributed by atoms with Crippen molar-refractivity contribution in [2.45, 2.75) is 12.1 Å². The highest BCUT2D eigenvalue weighted by molar-refractivity contribution is 7.73. The molecule has 0 aromatic carbocycles. The summed E-state index contributed by atoms with van der Waals surface area (Å²) < 4.78 is 44.1. The zero-order chi connectivity index (χ0) is 14.5. The van der Waals surface area contributed by atoms with Gasteiger partial charge in [-0.05, 0) is 12.2 Å². The van der Waals surface area contributed by atoms with Crippen LogP contribution in [0.3, 0.4) is 0 Å². The lowest BCUT2D eigenvalue weighted by molar-refractivity contribution is 0.624. The van der Waals surface area contributed by atoms with E-state index in [9.17, 15) is 16.8 Å². The number of hydrogen-bond acceptors (Lipinski definition) is 6. The first-order valence-corrected chi connectivity index (χ1v) is 7.76. The fourth-order valence-corrected chi connectivity index (χ4v) is 2.69. The van der Waals surface area contributed by atoms with Crippen LogP contribution in [0.4, 0.5) is 0 Å². The zero-order valence-electron chi connectivity index (χ0n) is 10.1. The maximum absolute atomic E-state index is 11.0. The van der Waals surface area contributed by atoms with Crippen molar-refractivity contribution in [1.82, 2.24) is 0 Å². The van der Waals surface area contributed by atoms with E-state index < -0.39 is 32.7 Å². The molecule has 0 saturated carbocycles. The van der Waals surface area contributed by atoms with Gasteiger partial charge >= 0.3 is 0 Å². The highest BCUT2D eigenvalue weighted by Crippen LogP contribution is 2.10. The molecule has 0 fully saturated rings. The summed E-state index contributed by atoms with van der Waals surface area (Å²) in [6.07, 6.45) is 12.5. The molecule has 104 valence electrons. The zero-order valence-corrected chi connectivity index (χ0v) is 11.8. The van der Waals surface area contributed by atoms with Crippen molar-refractivity contribution in [3.05, 3.63) is 48.6 Å². The Bertz CT molecular complexity index is 739. The molecule has 0 spiro atoms. The van der Waals surface area contributed by atoms with Crippen LogP contribution in [0.5, 0.6) is 0 Å². The lowest BCUT2D eigenvalue weighted by Gasteiger charge is -2.10. The Morgan fingerprint density at radius 3 is 1.45 bits per heavy atom. The molecular weight excluding hydrogens is 300 g/mol. The Morgan fingerprint density at radius 2 is 1.10 bits per heavy atom. The van der Waals surface area contributed by atoms with Crippen LogP contribution < -0.4 is 0 Å². The van der Waals surface area contributed by atoms with Gasteiger partial charge in [0, 0.05) is 0 Å². The van der Waals surface area contributed by atoms with Crippen molar-refractivity contribution >= 4 is 30.3 Å². The van der Waals surface area contributed by atoms with E-state index in [0.717, 1.165) is 0 Å². The van der Waals surface area contributed by atoms with Crippen LogP contribution in [0.1, 0.15) is 0 Å². The fourth-order valence-electron chi connectivity index (χ4n) is 1.67. The number of nitrogens with zero attached hydrogens (tertiary/aromatic N) is 2. The second kappa shape index (κ2) is 6.40. The topological polar surface area (TPSA) is 93.0 Å². The third-order valence-corrected chi connectivity index (χ3v) is 4.14. The molecule has 2 aliphatic rings. The molecule has 0 heterocycles. The predicted octanol–water partition coefficient (Wildman–Crippen LogP) is 0.531. The molecule has 0 aliphatic heterocycles. The Balaban J connectivity index is 2.30. The minimum absolute atomic E-state index is 0.0939. The van der Waals surface area contributed by atoms with E-state index in [4.69, 9.17) is 0 Å². The van der Waals surface area contributed by atoms with Gasteiger partial charge in [0.1, 0.15) is 21.8 Å². The molecule has 6 nitrogen and oxygen atoms in total. The van der Waals surface area contributed by atoms with Gasteiger partial charge in [-0.3, -0.25) is 0 Å². The molecule has 2 atom stereocenters. The van der Waals surface area contributed by atoms with E-state index in [1.165, 1.54) is 12.2 Å². The minimum Gasteiger partial charge on any atom is -0.184 e. The van der Waals surface area contributed by atoms with Crippen molar-refractivity contribution in [1.29, 1.82) is 0 Å². The number of allylic oxidation sites excluding steroid dienone is 4. The van der Waals surface area contributed by atoms with Gasteiger partial charge in [0.15, 0.2) is 0 Å². The Hall–Kier alpha value is -2.06. The second-order valence-corrected chi connectivity index (χ2v) is 5.76. The van der Waals surface area contributed by atoms with Crippen LogP contribution in [0.25, 0.3) is 0 Å². The highest BCUT2D eigenvalue weighted by atomic mass is 32.2. The quantitative estimate of drug-likeness (QED) is 0.549. The van der Waals surface area contributed by atoms with Gasteiger partial charge in [-0.25, -0.2) is 0 Å². The SMILES string of the molecule is O=S(=O)=C1C=CC=CC1N=NC1C=CC=CC1=S(=O)=O. The van der Waals surface area contributed by atoms with Crippen molar-refractivity contribution < 1.29 is 16.8 Å². The largest absolute Gasteiger partial charge is 0.219 e. The summed E-state index contributed by atoms with van der Waals surface area (Å²) in [4.78, 5) is 0.188. The summed E-state index contributed by atoms with van der Waals surface area (Å²) in [6, 6.07) is -1.45. The third-order valence-electron chi connectivity index (χ3n) is 2.61. The average molecular weight is 310 g/mol. The molecule has 0 aromatic heterocycles. The van der Waals surface area contributed by atoms with Crippen molar-refractivity contribution in [2.75, 3.05) is 0 Å². The molecule has 0 aromatic rings. The van der Waals surface area contributed by atoms with Crippen LogP contribution in [0.2, 0.25) is 0 Å². The van der Waals surface area contributed by atoms with Crippen molar-refractivity contribution in [3.8, 4) is 0 Å². The summed E-state index contributed by atoms with van der Waals surface area (Å²) in [7, 11) is -4.78. The summed E-state index contributed by atoms with van der Waals surface area (Å²) in [5, 5.41) is 7.84. The molecular formula is C12H10N2O4S2. The van der Waals surface area contributed by atoms with Crippen LogP contribution in [-0.4, -0.2) is 38.6 Å². The average Bonchev–Trinajstić information content (AvgIpc) is 2.45. The molecule has 2 aliphatic carbocycles. The molecule has 2 rings (SSSR count). The Kier molecular flexibility index (Phi) is 4.59. The summed E-state index contributed by atoms with van der Waals surface area (Å²) in [5.41, 5.74) is 0. The predicted molar refractivity (Wildman–Crippen MR) is 76.8 cm³/mol. The second-order valence-electron chi connectivity index (χ2n) is 3.88. The van der Waals surface area contributed by atoms with Crippen LogP contribution >= 0.6 is 0 Å². The summed E-state index contributed by atoms with van der Waals surface area (Å²) in [5.74, 6) is 0. The molecule has 8 heteroatoms. The first-order valence-electron chi connectivity index (χ1n) is 5.61. The van der Waals surface area contributed by atoms with Gasteiger partial charge in [0.25, 0.3) is 0 Å². The minimum atomic E-state index is -2.39. The standard InChI is InChI=1S/C12H10N2O4S2/c15-19(16)11-7-3-1-5-9(11)13-14-10-6-2-4-8-12(10)20(17)18/h1-10H. The van der Waals surface area contributed by atoms with Gasteiger partial charge in [0.05, 0.1) is 0 Å². The normalized spacial score (nSPS) is 24.6. The van der Waals surface area contributed by atoms with Crippen molar-refractivity contribution in [3.63, 3.8) is 0 Å². The molecule has 0 N–H and O–H groups in total. The van der Waals surface area contributed by atoms with Crippen LogP contribution in [0, 0.1) is 0 Å². The maximum Gasteiger partial charge on any atom is 0.219 e. The van der Waals surface area contributed by atoms with E-state index in [-0.39, 0.29) is 9.73 Å². The maximum atomic E-state index is 11.0. The Morgan fingerprint density at radius 1 is 0.700 bits per heavy atom. The smallest absolute Gasteiger partial charge is 0.184 e. The number of rotatable bonds is 2. The first-order chi connectivity index (χ1) is 9.59. The monoisotopic (exact) mass is 310 g/mol. The van der Waals surface area contributed by atoms with Gasteiger partial charge in [-0.15, -0.1) is 0 Å². The lowest BCUT2D eigenvalue weighted by atomic mass is 10.1. The van der Waals surface area contributed by atoms with E-state index >= 15 is 0 Å². The van der Waals surface area contributed by atoms with E-state index in [2.05, 4.69) is 10.2 Å². The molecule has 0 amide bonds. The van der Waals surface area contributed by atoms with Crippen molar-refractivity contribution in [2.24, 2.45) is 10.2 Å². The lowest BCUT2D eigenvalue weighted by Crippen LogP contribution is -2.20. The fraction of sp³-hybridized carbons (Fsp3) is 0.167. The van der Waals surface area contributed by atoms with Gasteiger partial charge in [-0.1, -0.05) is 36.5 Å². The number of hydrogen-bond donors (Lipinski definition) is 0. The first kappa shape index (κ1) is 14.4. The van der Waals surface area contributed by atoms with E-state index in [0.29, 0.717) is 0 Å². The highest BCUT2D eigenvalue weighted by Gasteiger charge is 2.17. The van der Waals surface area contributed by atoms with Crippen LogP contribution in [0.15, 0.2) is 58.8 Å². The van der Waals surface area contributed by atoms with Gasteiger partial charge < -0.3 is 0 Å². The third kappa shape index (κ3) is 3.28. The molecule has 20 heavy (non-hydrogen) atoms. The van der Waals surface area contributed by atoms with Gasteiger partial charge in [0.2, 0.25) is 20.6 Å². The summed E-state index contributed by atoms with van der Waals surface area (Å²) >= 11 is 0. The number of azo groups is 1. The molecule has 0 bridgehead atoms. The summed E-state index contributed by atoms with van der Waals surface area (Å²) in [6.45, 7) is 0. The molecule has 0 saturated heterocycles. The van der Waals surface area contributed by atoms with E-state index in [1.807, 2.05) is 0 Å². The molecule has 2 unspecified atom stereocenters. The molecule has 0 radical (unpaired) electrons.